The molecule has 7 nitrogen and oxygen atoms in total. The van der Waals surface area contributed by atoms with Crippen LogP contribution in [0.1, 0.15) is 45.3 Å². The Morgan fingerprint density at radius 2 is 1.93 bits per heavy atom. The van der Waals surface area contributed by atoms with E-state index in [1.54, 1.807) is 11.1 Å². The van der Waals surface area contributed by atoms with Gasteiger partial charge in [-0.25, -0.2) is 9.78 Å². The quantitative estimate of drug-likeness (QED) is 0.806. The van der Waals surface area contributed by atoms with E-state index in [0.717, 1.165) is 29.8 Å². The highest BCUT2D eigenvalue weighted by Gasteiger charge is 2.27. The number of benzene rings is 1. The van der Waals surface area contributed by atoms with Gasteiger partial charge in [0.05, 0.1) is 6.10 Å². The second kappa shape index (κ2) is 8.97. The van der Waals surface area contributed by atoms with Crippen LogP contribution in [0.4, 0.5) is 4.79 Å². The van der Waals surface area contributed by atoms with E-state index >= 15 is 0 Å². The van der Waals surface area contributed by atoms with Gasteiger partial charge in [-0.1, -0.05) is 24.3 Å². The molecule has 1 saturated heterocycles. The van der Waals surface area contributed by atoms with Crippen molar-refractivity contribution in [3.05, 3.63) is 42.2 Å². The number of imidazole rings is 1. The van der Waals surface area contributed by atoms with E-state index in [9.17, 15) is 9.90 Å². The number of hydrogen-bond acceptors (Lipinski definition) is 5. The number of hydrogen-bond donors (Lipinski definition) is 2. The first-order valence-corrected chi connectivity index (χ1v) is 10.2. The maximum absolute atomic E-state index is 12.1. The van der Waals surface area contributed by atoms with E-state index in [1.165, 1.54) is 0 Å². The predicted octanol–water partition coefficient (Wildman–Crippen LogP) is 3.11. The molecule has 1 amide bonds. The summed E-state index contributed by atoms with van der Waals surface area (Å²) in [6, 6.07) is 8.15. The standard InChI is InChI=1S/C22H32N4O3/c1-22(2,3)29-21(28)26-12-9-18(10-13-26)24-15-19(27)16-5-7-17(8-6-16)20-23-11-14-25(20)4/h5-8,11,14,18-19,24,27H,9-10,12-13,15H2,1-4H3. The molecule has 0 bridgehead atoms. The van der Waals surface area contributed by atoms with Crippen molar-refractivity contribution in [3.8, 4) is 11.4 Å². The maximum Gasteiger partial charge on any atom is 0.410 e. The SMILES string of the molecule is Cn1ccnc1-c1ccc(C(O)CNC2CCN(C(=O)OC(C)(C)C)CC2)cc1. The molecule has 1 aromatic heterocycles. The Balaban J connectivity index is 1.45. The van der Waals surface area contributed by atoms with Crippen molar-refractivity contribution >= 4 is 6.09 Å². The Hall–Kier alpha value is -2.38. The van der Waals surface area contributed by atoms with Gasteiger partial charge in [-0.15, -0.1) is 0 Å². The Morgan fingerprint density at radius 1 is 1.28 bits per heavy atom. The largest absolute Gasteiger partial charge is 0.444 e. The summed E-state index contributed by atoms with van der Waals surface area (Å²) in [5.74, 6) is 0.904. The predicted molar refractivity (Wildman–Crippen MR) is 112 cm³/mol. The van der Waals surface area contributed by atoms with Crippen LogP contribution in [0.5, 0.6) is 0 Å². The van der Waals surface area contributed by atoms with E-state index in [1.807, 2.05) is 62.8 Å². The first kappa shape index (κ1) is 21.3. The van der Waals surface area contributed by atoms with Crippen LogP contribution >= 0.6 is 0 Å². The molecule has 2 aromatic rings. The zero-order valence-corrected chi connectivity index (χ0v) is 17.8. The van der Waals surface area contributed by atoms with E-state index in [4.69, 9.17) is 4.74 Å². The summed E-state index contributed by atoms with van der Waals surface area (Å²) in [7, 11) is 1.96. The summed E-state index contributed by atoms with van der Waals surface area (Å²) in [6.45, 7) is 7.46. The number of aryl methyl sites for hydroxylation is 1. The average Bonchev–Trinajstić information content (AvgIpc) is 3.11. The van der Waals surface area contributed by atoms with Crippen LogP contribution < -0.4 is 5.32 Å². The van der Waals surface area contributed by atoms with Crippen LogP contribution in [0.3, 0.4) is 0 Å². The first-order valence-electron chi connectivity index (χ1n) is 10.2. The van der Waals surface area contributed by atoms with Gasteiger partial charge in [-0.2, -0.15) is 0 Å². The van der Waals surface area contributed by atoms with Crippen LogP contribution in [-0.2, 0) is 11.8 Å². The molecule has 0 saturated carbocycles. The third-order valence-electron chi connectivity index (χ3n) is 5.12. The molecule has 1 aliphatic rings. The van der Waals surface area contributed by atoms with Gasteiger partial charge in [-0.3, -0.25) is 0 Å². The lowest BCUT2D eigenvalue weighted by Crippen LogP contribution is -2.47. The number of aliphatic hydroxyl groups excluding tert-OH is 1. The monoisotopic (exact) mass is 400 g/mol. The summed E-state index contributed by atoms with van der Waals surface area (Å²) < 4.78 is 7.40. The van der Waals surface area contributed by atoms with Crippen molar-refractivity contribution in [2.45, 2.75) is 51.4 Å². The van der Waals surface area contributed by atoms with Crippen LogP contribution in [0.2, 0.25) is 0 Å². The van der Waals surface area contributed by atoms with Crippen LogP contribution in [0.25, 0.3) is 11.4 Å². The molecule has 1 fully saturated rings. The van der Waals surface area contributed by atoms with E-state index < -0.39 is 11.7 Å². The fourth-order valence-electron chi connectivity index (χ4n) is 3.49. The first-order chi connectivity index (χ1) is 13.7. The molecule has 1 unspecified atom stereocenters. The van der Waals surface area contributed by atoms with Gasteiger partial charge in [0.25, 0.3) is 0 Å². The van der Waals surface area contributed by atoms with Crippen molar-refractivity contribution in [1.29, 1.82) is 0 Å². The third kappa shape index (κ3) is 5.81. The highest BCUT2D eigenvalue weighted by molar-refractivity contribution is 5.68. The van der Waals surface area contributed by atoms with Crippen LogP contribution in [0, 0.1) is 0 Å². The summed E-state index contributed by atoms with van der Waals surface area (Å²) in [5, 5.41) is 14.0. The maximum atomic E-state index is 12.1. The Morgan fingerprint density at radius 3 is 2.48 bits per heavy atom. The number of carbonyl (C=O) groups is 1. The fourth-order valence-corrected chi connectivity index (χ4v) is 3.49. The summed E-state index contributed by atoms with van der Waals surface area (Å²) >= 11 is 0. The van der Waals surface area contributed by atoms with Gasteiger partial charge in [0.2, 0.25) is 0 Å². The minimum absolute atomic E-state index is 0.246. The van der Waals surface area contributed by atoms with E-state index in [2.05, 4.69) is 10.3 Å². The smallest absolute Gasteiger partial charge is 0.410 e. The molecule has 0 spiro atoms. The van der Waals surface area contributed by atoms with Gasteiger partial charge in [0, 0.05) is 50.7 Å². The Kier molecular flexibility index (Phi) is 6.59. The third-order valence-corrected chi connectivity index (χ3v) is 5.12. The van der Waals surface area contributed by atoms with Gasteiger partial charge < -0.3 is 24.6 Å². The van der Waals surface area contributed by atoms with Crippen molar-refractivity contribution in [3.63, 3.8) is 0 Å². The lowest BCUT2D eigenvalue weighted by atomic mass is 10.0. The second-order valence-corrected chi connectivity index (χ2v) is 8.65. The Labute approximate surface area is 172 Å². The molecule has 3 rings (SSSR count). The molecular formula is C22H32N4O3. The lowest BCUT2D eigenvalue weighted by molar-refractivity contribution is 0.0194. The summed E-state index contributed by atoms with van der Waals surface area (Å²) in [4.78, 5) is 18.2. The normalized spacial score (nSPS) is 16.7. The van der Waals surface area contributed by atoms with Gasteiger partial charge in [0.15, 0.2) is 0 Å². The highest BCUT2D eigenvalue weighted by atomic mass is 16.6. The van der Waals surface area contributed by atoms with E-state index in [0.29, 0.717) is 19.6 Å². The summed E-state index contributed by atoms with van der Waals surface area (Å²) in [5.41, 5.74) is 1.43. The molecule has 2 heterocycles. The number of ether oxygens (including phenoxy) is 1. The van der Waals surface area contributed by atoms with E-state index in [-0.39, 0.29) is 12.1 Å². The van der Waals surface area contributed by atoms with Crippen molar-refractivity contribution in [2.75, 3.05) is 19.6 Å². The Bertz CT molecular complexity index is 802. The zero-order valence-electron chi connectivity index (χ0n) is 17.8. The number of nitrogens with one attached hydrogen (secondary N) is 1. The molecule has 0 radical (unpaired) electrons. The summed E-state index contributed by atoms with van der Waals surface area (Å²) in [6.07, 6.45) is 4.57. The fraction of sp³-hybridized carbons (Fsp3) is 0.545. The number of amides is 1. The van der Waals surface area contributed by atoms with Crippen LogP contribution in [-0.4, -0.2) is 56.9 Å². The molecule has 2 N–H and O–H groups in total. The number of carbonyl (C=O) groups excluding carboxylic acids is 1. The highest BCUT2D eigenvalue weighted by Crippen LogP contribution is 2.21. The number of likely N-dealkylation sites (tertiary alicyclic amines) is 1. The molecular weight excluding hydrogens is 368 g/mol. The molecule has 1 aliphatic heterocycles. The van der Waals surface area contributed by atoms with Crippen molar-refractivity contribution in [1.82, 2.24) is 19.8 Å². The molecule has 1 aromatic carbocycles. The number of piperidine rings is 1. The second-order valence-electron chi connectivity index (χ2n) is 8.65. The molecule has 29 heavy (non-hydrogen) atoms. The lowest BCUT2D eigenvalue weighted by Gasteiger charge is -2.34. The van der Waals surface area contributed by atoms with Gasteiger partial charge in [-0.05, 0) is 39.2 Å². The minimum Gasteiger partial charge on any atom is -0.444 e. The number of aliphatic hydroxyl groups is 1. The molecule has 1 atom stereocenters. The van der Waals surface area contributed by atoms with Crippen molar-refractivity contribution < 1.29 is 14.6 Å². The molecule has 0 aliphatic carbocycles. The number of nitrogens with zero attached hydrogens (tertiary/aromatic N) is 3. The van der Waals surface area contributed by atoms with Crippen molar-refractivity contribution in [2.24, 2.45) is 7.05 Å². The topological polar surface area (TPSA) is 79.6 Å². The average molecular weight is 401 g/mol. The number of aromatic nitrogens is 2. The van der Waals surface area contributed by atoms with Gasteiger partial charge >= 0.3 is 6.09 Å². The minimum atomic E-state index is -0.575. The molecule has 158 valence electrons. The molecule has 7 heteroatoms. The zero-order chi connectivity index (χ0) is 21.0. The number of rotatable bonds is 5. The van der Waals surface area contributed by atoms with Gasteiger partial charge in [0.1, 0.15) is 11.4 Å². The van der Waals surface area contributed by atoms with Crippen LogP contribution in [0.15, 0.2) is 36.7 Å².